The number of pyridine rings is 1. The first kappa shape index (κ1) is 10.9. The molecular weight excluding hydrogens is 279 g/mol. The summed E-state index contributed by atoms with van der Waals surface area (Å²) < 4.78 is 2.66. The fourth-order valence-corrected chi connectivity index (χ4v) is 2.18. The SMILES string of the molecule is CC(O)Cc1nc(Br)c2ccc(Cl)cn12. The molecule has 0 fully saturated rings. The smallest absolute Gasteiger partial charge is 0.132 e. The van der Waals surface area contributed by atoms with Crippen LogP contribution in [0.5, 0.6) is 0 Å². The Hall–Kier alpha value is -0.580. The van der Waals surface area contributed by atoms with E-state index in [9.17, 15) is 5.11 Å². The highest BCUT2D eigenvalue weighted by Crippen LogP contribution is 2.22. The summed E-state index contributed by atoms with van der Waals surface area (Å²) in [5.74, 6) is 0.800. The predicted octanol–water partition coefficient (Wildman–Crippen LogP) is 2.67. The molecule has 2 heterocycles. The fraction of sp³-hybridized carbons (Fsp3) is 0.300. The molecule has 0 aliphatic heterocycles. The molecule has 0 aromatic carbocycles. The van der Waals surface area contributed by atoms with E-state index in [-0.39, 0.29) is 0 Å². The molecule has 2 aromatic heterocycles. The number of fused-ring (bicyclic) bond motifs is 1. The molecule has 0 saturated heterocycles. The van der Waals surface area contributed by atoms with Gasteiger partial charge in [0.25, 0.3) is 0 Å². The largest absolute Gasteiger partial charge is 0.393 e. The number of aliphatic hydroxyl groups excluding tert-OH is 1. The zero-order valence-electron chi connectivity index (χ0n) is 8.11. The predicted molar refractivity (Wildman–Crippen MR) is 63.3 cm³/mol. The average Bonchev–Trinajstić information content (AvgIpc) is 2.42. The van der Waals surface area contributed by atoms with Gasteiger partial charge in [0.05, 0.1) is 16.6 Å². The van der Waals surface area contributed by atoms with E-state index in [0.29, 0.717) is 11.4 Å². The van der Waals surface area contributed by atoms with Gasteiger partial charge in [0.2, 0.25) is 0 Å². The molecule has 15 heavy (non-hydrogen) atoms. The Morgan fingerprint density at radius 3 is 3.00 bits per heavy atom. The van der Waals surface area contributed by atoms with Gasteiger partial charge in [-0.05, 0) is 35.0 Å². The van der Waals surface area contributed by atoms with Gasteiger partial charge in [-0.1, -0.05) is 11.6 Å². The van der Waals surface area contributed by atoms with Gasteiger partial charge in [0, 0.05) is 12.6 Å². The lowest BCUT2D eigenvalue weighted by molar-refractivity contribution is 0.192. The first-order chi connectivity index (χ1) is 7.08. The van der Waals surface area contributed by atoms with E-state index < -0.39 is 6.10 Å². The fourth-order valence-electron chi connectivity index (χ4n) is 1.49. The van der Waals surface area contributed by atoms with Crippen molar-refractivity contribution in [3.05, 3.63) is 33.8 Å². The summed E-state index contributed by atoms with van der Waals surface area (Å²) >= 11 is 9.29. The minimum atomic E-state index is -0.415. The second kappa shape index (κ2) is 4.12. The van der Waals surface area contributed by atoms with Crippen LogP contribution in [0.15, 0.2) is 22.9 Å². The molecule has 0 amide bonds. The van der Waals surface area contributed by atoms with Crippen molar-refractivity contribution < 1.29 is 5.11 Å². The molecule has 80 valence electrons. The van der Waals surface area contributed by atoms with Gasteiger partial charge >= 0.3 is 0 Å². The third-order valence-corrected chi connectivity index (χ3v) is 2.91. The molecule has 0 radical (unpaired) electrons. The Morgan fingerprint density at radius 2 is 2.33 bits per heavy atom. The number of aromatic nitrogens is 2. The maximum atomic E-state index is 9.34. The van der Waals surface area contributed by atoms with Crippen molar-refractivity contribution in [2.75, 3.05) is 0 Å². The minimum Gasteiger partial charge on any atom is -0.393 e. The van der Waals surface area contributed by atoms with E-state index in [4.69, 9.17) is 11.6 Å². The monoisotopic (exact) mass is 288 g/mol. The van der Waals surface area contributed by atoms with Gasteiger partial charge in [-0.25, -0.2) is 4.98 Å². The maximum Gasteiger partial charge on any atom is 0.132 e. The number of hydrogen-bond acceptors (Lipinski definition) is 2. The van der Waals surface area contributed by atoms with E-state index >= 15 is 0 Å². The van der Waals surface area contributed by atoms with E-state index in [1.54, 1.807) is 13.1 Å². The summed E-state index contributed by atoms with van der Waals surface area (Å²) in [4.78, 5) is 4.33. The molecule has 2 rings (SSSR count). The van der Waals surface area contributed by atoms with Gasteiger partial charge in [0.1, 0.15) is 10.4 Å². The molecule has 1 unspecified atom stereocenters. The van der Waals surface area contributed by atoms with E-state index in [1.807, 2.05) is 16.5 Å². The van der Waals surface area contributed by atoms with Gasteiger partial charge in [-0.15, -0.1) is 0 Å². The minimum absolute atomic E-state index is 0.415. The average molecular weight is 290 g/mol. The van der Waals surface area contributed by atoms with Crippen molar-refractivity contribution in [2.45, 2.75) is 19.4 Å². The van der Waals surface area contributed by atoms with Crippen LogP contribution < -0.4 is 0 Å². The van der Waals surface area contributed by atoms with Gasteiger partial charge in [-0.2, -0.15) is 0 Å². The Morgan fingerprint density at radius 1 is 1.60 bits per heavy atom. The van der Waals surface area contributed by atoms with Crippen molar-refractivity contribution in [1.82, 2.24) is 9.38 Å². The Kier molecular flexibility index (Phi) is 3.00. The van der Waals surface area contributed by atoms with Crippen LogP contribution in [0.25, 0.3) is 5.52 Å². The molecule has 0 aliphatic rings. The van der Waals surface area contributed by atoms with Gasteiger partial charge in [-0.3, -0.25) is 0 Å². The molecule has 0 spiro atoms. The lowest BCUT2D eigenvalue weighted by atomic mass is 10.3. The van der Waals surface area contributed by atoms with Crippen molar-refractivity contribution >= 4 is 33.0 Å². The van der Waals surface area contributed by atoms with Crippen LogP contribution in [-0.4, -0.2) is 20.6 Å². The third kappa shape index (κ3) is 2.17. The Balaban J connectivity index is 2.59. The van der Waals surface area contributed by atoms with Crippen molar-refractivity contribution in [3.8, 4) is 0 Å². The van der Waals surface area contributed by atoms with Crippen molar-refractivity contribution in [3.63, 3.8) is 0 Å². The molecule has 0 saturated carbocycles. The normalized spacial score (nSPS) is 13.3. The molecule has 1 atom stereocenters. The molecule has 1 N–H and O–H groups in total. The van der Waals surface area contributed by atoms with Gasteiger partial charge in [0.15, 0.2) is 0 Å². The molecule has 5 heteroatoms. The van der Waals surface area contributed by atoms with E-state index in [0.717, 1.165) is 15.9 Å². The highest BCUT2D eigenvalue weighted by molar-refractivity contribution is 9.10. The van der Waals surface area contributed by atoms with Crippen LogP contribution in [0.1, 0.15) is 12.7 Å². The number of hydrogen-bond donors (Lipinski definition) is 1. The lowest BCUT2D eigenvalue weighted by Crippen LogP contribution is -2.07. The highest BCUT2D eigenvalue weighted by atomic mass is 79.9. The standard InChI is InChI=1S/C10H10BrClN2O/c1-6(15)4-9-13-10(11)8-3-2-7(12)5-14(8)9/h2-3,5-6,15H,4H2,1H3. The molecule has 0 aliphatic carbocycles. The topological polar surface area (TPSA) is 37.5 Å². The van der Waals surface area contributed by atoms with Crippen molar-refractivity contribution in [2.24, 2.45) is 0 Å². The summed E-state index contributed by atoms with van der Waals surface area (Å²) in [6.07, 6.45) is 1.89. The van der Waals surface area contributed by atoms with E-state index in [1.165, 1.54) is 0 Å². The van der Waals surface area contributed by atoms with E-state index in [2.05, 4.69) is 20.9 Å². The van der Waals surface area contributed by atoms with Crippen LogP contribution in [0, 0.1) is 0 Å². The number of imidazole rings is 1. The molecule has 3 nitrogen and oxygen atoms in total. The molecule has 0 bridgehead atoms. The summed E-state index contributed by atoms with van der Waals surface area (Å²) in [7, 11) is 0. The second-order valence-corrected chi connectivity index (χ2v) is 4.66. The molecule has 2 aromatic rings. The van der Waals surface area contributed by atoms with Crippen LogP contribution in [0.4, 0.5) is 0 Å². The summed E-state index contributed by atoms with van der Waals surface area (Å²) in [6.45, 7) is 1.74. The van der Waals surface area contributed by atoms with Crippen molar-refractivity contribution in [1.29, 1.82) is 0 Å². The first-order valence-electron chi connectivity index (χ1n) is 4.58. The summed E-state index contributed by atoms with van der Waals surface area (Å²) in [5, 5.41) is 9.99. The first-order valence-corrected chi connectivity index (χ1v) is 5.75. The number of halogens is 2. The number of rotatable bonds is 2. The molecular formula is C10H10BrClN2O. The maximum absolute atomic E-state index is 9.34. The Labute approximate surface area is 101 Å². The quantitative estimate of drug-likeness (QED) is 0.923. The zero-order valence-corrected chi connectivity index (χ0v) is 10.5. The van der Waals surface area contributed by atoms with Crippen LogP contribution >= 0.6 is 27.5 Å². The van der Waals surface area contributed by atoms with Gasteiger partial charge < -0.3 is 9.51 Å². The second-order valence-electron chi connectivity index (χ2n) is 3.47. The zero-order chi connectivity index (χ0) is 11.0. The lowest BCUT2D eigenvalue weighted by Gasteiger charge is -2.03. The van der Waals surface area contributed by atoms with Crippen LogP contribution in [0.2, 0.25) is 5.02 Å². The van der Waals surface area contributed by atoms with Crippen LogP contribution in [0.3, 0.4) is 0 Å². The summed E-state index contributed by atoms with van der Waals surface area (Å²) in [5.41, 5.74) is 0.954. The highest BCUT2D eigenvalue weighted by Gasteiger charge is 2.10. The number of nitrogens with zero attached hydrogens (tertiary/aromatic N) is 2. The summed E-state index contributed by atoms with van der Waals surface area (Å²) in [6, 6.07) is 3.71. The Bertz CT molecular complexity index is 495. The van der Waals surface area contributed by atoms with Crippen LogP contribution in [-0.2, 0) is 6.42 Å². The number of aliphatic hydroxyl groups is 1. The third-order valence-electron chi connectivity index (χ3n) is 2.11.